The second-order valence-corrected chi connectivity index (χ2v) is 8.64. The van der Waals surface area contributed by atoms with Crippen molar-refractivity contribution in [3.8, 4) is 23.0 Å². The van der Waals surface area contributed by atoms with Gasteiger partial charge in [0.05, 0.1) is 0 Å². The van der Waals surface area contributed by atoms with Crippen LogP contribution in [0.15, 0.2) is 36.4 Å². The van der Waals surface area contributed by atoms with E-state index in [-0.39, 0.29) is 60.7 Å². The predicted octanol–water partition coefficient (Wildman–Crippen LogP) is 2.19. The van der Waals surface area contributed by atoms with Crippen LogP contribution in [-0.4, -0.2) is 48.8 Å². The third-order valence-electron chi connectivity index (χ3n) is 5.08. The van der Waals surface area contributed by atoms with E-state index in [2.05, 4.69) is 10.6 Å². The zero-order valence-electron chi connectivity index (χ0n) is 22.8. The van der Waals surface area contributed by atoms with Crippen molar-refractivity contribution in [2.45, 2.75) is 53.4 Å². The molecule has 2 aromatic rings. The fourth-order valence-electron chi connectivity index (χ4n) is 3.46. The zero-order valence-corrected chi connectivity index (χ0v) is 22.8. The molecule has 2 amide bonds. The first-order valence-electron chi connectivity index (χ1n) is 12.5. The van der Waals surface area contributed by atoms with E-state index in [1.54, 1.807) is 24.3 Å². The molecule has 40 heavy (non-hydrogen) atoms. The Balaban J connectivity index is 1.76. The molecule has 0 aliphatic carbocycles. The summed E-state index contributed by atoms with van der Waals surface area (Å²) in [7, 11) is 0. The molecule has 0 unspecified atom stereocenters. The topological polar surface area (TPSA) is 163 Å². The van der Waals surface area contributed by atoms with Crippen molar-refractivity contribution in [3.63, 3.8) is 0 Å². The lowest BCUT2D eigenvalue weighted by molar-refractivity contribution is -0.134. The Morgan fingerprint density at radius 2 is 0.850 bits per heavy atom. The van der Waals surface area contributed by atoms with Crippen LogP contribution in [0.3, 0.4) is 0 Å². The van der Waals surface area contributed by atoms with Gasteiger partial charge in [0.1, 0.15) is 0 Å². The molecule has 0 saturated heterocycles. The van der Waals surface area contributed by atoms with E-state index in [1.807, 2.05) is 0 Å². The lowest BCUT2D eigenvalue weighted by atomic mass is 10.1. The molecule has 12 nitrogen and oxygen atoms in total. The smallest absolute Gasteiger partial charge is 0.308 e. The van der Waals surface area contributed by atoms with E-state index in [0.29, 0.717) is 12.8 Å². The molecule has 12 heteroatoms. The number of carbonyl (C=O) groups is 6. The number of benzene rings is 2. The fraction of sp³-hybridized carbons (Fsp3) is 0.357. The molecule has 0 spiro atoms. The van der Waals surface area contributed by atoms with Crippen LogP contribution >= 0.6 is 0 Å². The van der Waals surface area contributed by atoms with Crippen molar-refractivity contribution < 1.29 is 47.7 Å². The maximum Gasteiger partial charge on any atom is 0.308 e. The minimum atomic E-state index is -0.568. The van der Waals surface area contributed by atoms with Crippen molar-refractivity contribution >= 4 is 35.7 Å². The maximum atomic E-state index is 12.2. The van der Waals surface area contributed by atoms with Gasteiger partial charge < -0.3 is 29.6 Å². The summed E-state index contributed by atoms with van der Waals surface area (Å²) >= 11 is 0. The lowest BCUT2D eigenvalue weighted by Crippen LogP contribution is -2.29. The minimum absolute atomic E-state index is 0.0103. The fourth-order valence-corrected chi connectivity index (χ4v) is 3.46. The summed E-state index contributed by atoms with van der Waals surface area (Å²) in [6.07, 6.45) is 0.809. The summed E-state index contributed by atoms with van der Waals surface area (Å²) in [6, 6.07) is 9.49. The van der Waals surface area contributed by atoms with Gasteiger partial charge in [-0.3, -0.25) is 28.8 Å². The molecular formula is C28H32N2O10. The van der Waals surface area contributed by atoms with Crippen LogP contribution in [-0.2, 0) is 41.6 Å². The SMILES string of the molecule is CC(=O)Oc1ccc(CCNC(=O)CCC(=O)NCCc2ccc(OC(C)=O)c(OC(C)=O)c2)cc1OC(C)=O. The van der Waals surface area contributed by atoms with Gasteiger partial charge in [-0.25, -0.2) is 0 Å². The van der Waals surface area contributed by atoms with Crippen molar-refractivity contribution in [3.05, 3.63) is 47.5 Å². The van der Waals surface area contributed by atoms with Gasteiger partial charge in [0.2, 0.25) is 11.8 Å². The summed E-state index contributed by atoms with van der Waals surface area (Å²) in [5, 5.41) is 5.45. The zero-order chi connectivity index (χ0) is 29.7. The number of esters is 4. The molecule has 0 saturated carbocycles. The standard InChI is InChI=1S/C28H32N2O10/c1-17(31)37-23-7-5-21(15-25(23)39-19(3)33)11-13-29-27(35)9-10-28(36)30-14-12-22-6-8-24(38-18(2)32)26(16-22)40-20(4)34/h5-8,15-16H,9-14H2,1-4H3,(H,29,35)(H,30,36). The predicted molar refractivity (Wildman–Crippen MR) is 141 cm³/mol. The van der Waals surface area contributed by atoms with Crippen LogP contribution in [0.25, 0.3) is 0 Å². The number of hydrogen-bond acceptors (Lipinski definition) is 10. The van der Waals surface area contributed by atoms with E-state index in [1.165, 1.54) is 39.8 Å². The van der Waals surface area contributed by atoms with Gasteiger partial charge in [0, 0.05) is 53.6 Å². The highest BCUT2D eigenvalue weighted by atomic mass is 16.6. The van der Waals surface area contributed by atoms with Gasteiger partial charge in [0.25, 0.3) is 0 Å². The first kappa shape index (κ1) is 31.5. The van der Waals surface area contributed by atoms with Crippen molar-refractivity contribution in [2.75, 3.05) is 13.1 Å². The van der Waals surface area contributed by atoms with Crippen molar-refractivity contribution in [2.24, 2.45) is 0 Å². The van der Waals surface area contributed by atoms with Crippen molar-refractivity contribution in [1.29, 1.82) is 0 Å². The second kappa shape index (κ2) is 15.6. The highest BCUT2D eigenvalue weighted by molar-refractivity contribution is 5.83. The Bertz CT molecular complexity index is 1170. The molecule has 0 heterocycles. The first-order valence-corrected chi connectivity index (χ1v) is 12.5. The molecule has 2 N–H and O–H groups in total. The monoisotopic (exact) mass is 556 g/mol. The molecule has 0 bridgehead atoms. The number of nitrogens with one attached hydrogen (secondary N) is 2. The molecule has 0 aromatic heterocycles. The third kappa shape index (κ3) is 11.8. The Labute approximate surface area is 231 Å². The highest BCUT2D eigenvalue weighted by Gasteiger charge is 2.13. The quantitative estimate of drug-likeness (QED) is 0.276. The molecule has 2 aromatic carbocycles. The Morgan fingerprint density at radius 3 is 1.18 bits per heavy atom. The molecule has 0 radical (unpaired) electrons. The first-order chi connectivity index (χ1) is 18.9. The summed E-state index contributed by atoms with van der Waals surface area (Å²) in [6.45, 7) is 5.48. The summed E-state index contributed by atoms with van der Waals surface area (Å²) in [4.78, 5) is 69.5. The van der Waals surface area contributed by atoms with Gasteiger partial charge >= 0.3 is 23.9 Å². The summed E-state index contributed by atoms with van der Waals surface area (Å²) in [5.74, 6) is -2.42. The number of ether oxygens (including phenoxy) is 4. The molecule has 0 aliphatic rings. The van der Waals surface area contributed by atoms with E-state index >= 15 is 0 Å². The van der Waals surface area contributed by atoms with E-state index in [9.17, 15) is 28.8 Å². The van der Waals surface area contributed by atoms with Crippen molar-refractivity contribution in [1.82, 2.24) is 10.6 Å². The van der Waals surface area contributed by atoms with Crippen LogP contribution in [0.4, 0.5) is 0 Å². The number of hydrogen-bond donors (Lipinski definition) is 2. The Hall–Kier alpha value is -4.74. The van der Waals surface area contributed by atoms with Gasteiger partial charge in [-0.05, 0) is 48.2 Å². The maximum absolute atomic E-state index is 12.2. The highest BCUT2D eigenvalue weighted by Crippen LogP contribution is 2.30. The van der Waals surface area contributed by atoms with Gasteiger partial charge in [-0.2, -0.15) is 0 Å². The molecule has 0 aliphatic heterocycles. The van der Waals surface area contributed by atoms with Crippen LogP contribution < -0.4 is 29.6 Å². The number of amides is 2. The molecule has 0 atom stereocenters. The normalized spacial score (nSPS) is 10.2. The van der Waals surface area contributed by atoms with E-state index in [4.69, 9.17) is 18.9 Å². The number of carbonyl (C=O) groups excluding carboxylic acids is 6. The van der Waals surface area contributed by atoms with Gasteiger partial charge in [0.15, 0.2) is 23.0 Å². The minimum Gasteiger partial charge on any atom is -0.423 e. The van der Waals surface area contributed by atoms with Crippen LogP contribution in [0.1, 0.15) is 51.7 Å². The molecular weight excluding hydrogens is 524 g/mol. The third-order valence-corrected chi connectivity index (χ3v) is 5.08. The van der Waals surface area contributed by atoms with Gasteiger partial charge in [-0.15, -0.1) is 0 Å². The summed E-state index contributed by atoms with van der Waals surface area (Å²) < 4.78 is 20.2. The molecule has 2 rings (SSSR count). The van der Waals surface area contributed by atoms with Crippen LogP contribution in [0.5, 0.6) is 23.0 Å². The summed E-state index contributed by atoms with van der Waals surface area (Å²) in [5.41, 5.74) is 1.48. The Kier molecular flexibility index (Phi) is 12.3. The van der Waals surface area contributed by atoms with E-state index < -0.39 is 23.9 Å². The van der Waals surface area contributed by atoms with E-state index in [0.717, 1.165) is 11.1 Å². The number of rotatable bonds is 13. The second-order valence-electron chi connectivity index (χ2n) is 8.64. The lowest BCUT2D eigenvalue weighted by Gasteiger charge is -2.11. The average molecular weight is 557 g/mol. The molecule has 214 valence electrons. The van der Waals surface area contributed by atoms with Gasteiger partial charge in [-0.1, -0.05) is 12.1 Å². The average Bonchev–Trinajstić information content (AvgIpc) is 2.84. The van der Waals surface area contributed by atoms with Crippen LogP contribution in [0.2, 0.25) is 0 Å². The molecule has 0 fully saturated rings. The Morgan fingerprint density at radius 1 is 0.525 bits per heavy atom. The largest absolute Gasteiger partial charge is 0.423 e. The van der Waals surface area contributed by atoms with Crippen LogP contribution in [0, 0.1) is 0 Å².